The number of alkyl halides is 1. The number of nitrogens with zero attached hydrogens (tertiary/aromatic N) is 1. The Kier molecular flexibility index (Phi) is 10.5. The zero-order valence-corrected chi connectivity index (χ0v) is 20.9. The van der Waals surface area contributed by atoms with Crippen LogP contribution in [-0.2, 0) is 28.0 Å². The van der Waals surface area contributed by atoms with Crippen LogP contribution in [0, 0.1) is 0 Å². The summed E-state index contributed by atoms with van der Waals surface area (Å²) >= 11 is 0. The van der Waals surface area contributed by atoms with E-state index in [1.54, 1.807) is 4.90 Å². The van der Waals surface area contributed by atoms with Gasteiger partial charge in [0.15, 0.2) is 0 Å². The van der Waals surface area contributed by atoms with Gasteiger partial charge in [0.1, 0.15) is 6.61 Å². The van der Waals surface area contributed by atoms with Gasteiger partial charge in [-0.1, -0.05) is 91.0 Å². The largest absolute Gasteiger partial charge is 0.445 e. The highest BCUT2D eigenvalue weighted by Gasteiger charge is 2.39. The van der Waals surface area contributed by atoms with Crippen LogP contribution in [0.1, 0.15) is 36.0 Å². The van der Waals surface area contributed by atoms with Gasteiger partial charge in [0.05, 0.1) is 7.18 Å². The van der Waals surface area contributed by atoms with E-state index in [9.17, 15) is 14.0 Å². The number of piperidine rings is 1. The first-order valence-electron chi connectivity index (χ1n) is 12.3. The Morgan fingerprint density at radius 3 is 1.94 bits per heavy atom. The number of rotatable bonds is 8. The molecule has 1 saturated heterocycles. The Labute approximate surface area is 213 Å². The molecule has 190 valence electrons. The van der Waals surface area contributed by atoms with Crippen molar-refractivity contribution in [1.29, 1.82) is 0 Å². The lowest BCUT2D eigenvalue weighted by Crippen LogP contribution is -2.47. The predicted molar refractivity (Wildman–Crippen MR) is 140 cm³/mol. The maximum Gasteiger partial charge on any atom is 0.410 e. The van der Waals surface area contributed by atoms with Gasteiger partial charge in [-0.25, -0.2) is 4.79 Å². The minimum absolute atomic E-state index is 0.0555. The predicted octanol–water partition coefficient (Wildman–Crippen LogP) is 5.69. The minimum atomic E-state index is -0.294. The van der Waals surface area contributed by atoms with Crippen molar-refractivity contribution >= 4 is 12.0 Å². The highest BCUT2D eigenvalue weighted by atomic mass is 19.1. The second-order valence-corrected chi connectivity index (χ2v) is 8.94. The molecule has 3 aromatic rings. The van der Waals surface area contributed by atoms with Crippen LogP contribution in [0.25, 0.3) is 0 Å². The number of benzene rings is 3. The summed E-state index contributed by atoms with van der Waals surface area (Å²) in [5, 5.41) is 3.10. The topological polar surface area (TPSA) is 58.6 Å². The summed E-state index contributed by atoms with van der Waals surface area (Å²) < 4.78 is 15.0. The van der Waals surface area contributed by atoms with E-state index in [1.807, 2.05) is 66.7 Å². The number of amides is 2. The average molecular weight is 491 g/mol. The second-order valence-electron chi connectivity index (χ2n) is 8.94. The SMILES string of the molecule is CF.O=C(CC1(c2ccccc2)CCN(C(=O)OCc2ccccc2)CC1)NCCc1ccccc1. The molecule has 0 unspecified atom stereocenters. The first kappa shape index (κ1) is 26.9. The third-order valence-electron chi connectivity index (χ3n) is 6.65. The van der Waals surface area contributed by atoms with Gasteiger partial charge in [0.25, 0.3) is 0 Å². The molecule has 0 bridgehead atoms. The number of hydrogen-bond acceptors (Lipinski definition) is 3. The molecule has 1 aliphatic heterocycles. The van der Waals surface area contributed by atoms with E-state index in [4.69, 9.17) is 4.74 Å². The monoisotopic (exact) mass is 490 g/mol. The van der Waals surface area contributed by atoms with Crippen molar-refractivity contribution in [3.63, 3.8) is 0 Å². The van der Waals surface area contributed by atoms with E-state index in [-0.39, 0.29) is 24.0 Å². The van der Waals surface area contributed by atoms with Crippen molar-refractivity contribution in [2.75, 3.05) is 26.8 Å². The molecule has 1 heterocycles. The molecule has 36 heavy (non-hydrogen) atoms. The Morgan fingerprint density at radius 2 is 1.36 bits per heavy atom. The summed E-state index contributed by atoms with van der Waals surface area (Å²) in [6.07, 6.45) is 2.38. The summed E-state index contributed by atoms with van der Waals surface area (Å²) in [5.41, 5.74) is 3.06. The molecule has 1 N–H and O–H groups in total. The third kappa shape index (κ3) is 7.67. The zero-order valence-electron chi connectivity index (χ0n) is 20.9. The molecule has 4 rings (SSSR count). The van der Waals surface area contributed by atoms with Crippen molar-refractivity contribution in [2.45, 2.75) is 37.7 Å². The van der Waals surface area contributed by atoms with Gasteiger partial charge in [-0.05, 0) is 36.0 Å². The summed E-state index contributed by atoms with van der Waals surface area (Å²) in [5.74, 6) is 0.0555. The van der Waals surface area contributed by atoms with Gasteiger partial charge in [-0.15, -0.1) is 0 Å². The van der Waals surface area contributed by atoms with Gasteiger partial charge < -0.3 is 15.0 Å². The van der Waals surface area contributed by atoms with Crippen molar-refractivity contribution in [3.8, 4) is 0 Å². The van der Waals surface area contributed by atoms with E-state index in [1.165, 1.54) is 5.56 Å². The van der Waals surface area contributed by atoms with E-state index in [2.05, 4.69) is 29.6 Å². The lowest BCUT2D eigenvalue weighted by atomic mass is 9.70. The van der Waals surface area contributed by atoms with E-state index < -0.39 is 0 Å². The number of likely N-dealkylation sites (tertiary alicyclic amines) is 1. The molecule has 0 spiro atoms. The summed E-state index contributed by atoms with van der Waals surface area (Å²) in [4.78, 5) is 27.3. The van der Waals surface area contributed by atoms with Crippen molar-refractivity contribution < 1.29 is 18.7 Å². The molecule has 1 fully saturated rings. The van der Waals surface area contributed by atoms with Crippen molar-refractivity contribution in [3.05, 3.63) is 108 Å². The summed E-state index contributed by atoms with van der Waals surface area (Å²) in [6, 6.07) is 30.1. The fourth-order valence-electron chi connectivity index (χ4n) is 4.65. The molecule has 3 aromatic carbocycles. The minimum Gasteiger partial charge on any atom is -0.445 e. The van der Waals surface area contributed by atoms with E-state index in [0.29, 0.717) is 33.2 Å². The van der Waals surface area contributed by atoms with Crippen LogP contribution >= 0.6 is 0 Å². The van der Waals surface area contributed by atoms with Crippen LogP contribution in [0.4, 0.5) is 9.18 Å². The van der Waals surface area contributed by atoms with Gasteiger partial charge in [0.2, 0.25) is 5.91 Å². The number of hydrogen-bond donors (Lipinski definition) is 1. The summed E-state index contributed by atoms with van der Waals surface area (Å²) in [6.45, 7) is 2.02. The third-order valence-corrected chi connectivity index (χ3v) is 6.65. The smallest absolute Gasteiger partial charge is 0.410 e. The zero-order chi connectivity index (χ0) is 25.6. The number of ether oxygens (including phenoxy) is 1. The van der Waals surface area contributed by atoms with Crippen molar-refractivity contribution in [1.82, 2.24) is 10.2 Å². The number of nitrogens with one attached hydrogen (secondary N) is 1. The maximum absolute atomic E-state index is 12.9. The highest BCUT2D eigenvalue weighted by Crippen LogP contribution is 2.39. The lowest BCUT2D eigenvalue weighted by Gasteiger charge is -2.41. The number of halogens is 1. The van der Waals surface area contributed by atoms with E-state index in [0.717, 1.165) is 30.4 Å². The molecule has 0 atom stereocenters. The summed E-state index contributed by atoms with van der Waals surface area (Å²) in [7, 11) is 0.500. The van der Waals surface area contributed by atoms with Crippen LogP contribution < -0.4 is 5.32 Å². The molecule has 5 nitrogen and oxygen atoms in total. The number of carbonyl (C=O) groups is 2. The number of carbonyl (C=O) groups excluding carboxylic acids is 2. The van der Waals surface area contributed by atoms with Crippen molar-refractivity contribution in [2.24, 2.45) is 0 Å². The Morgan fingerprint density at radius 1 is 0.833 bits per heavy atom. The molecule has 0 aromatic heterocycles. The first-order chi connectivity index (χ1) is 17.6. The molecular formula is C30H35FN2O3. The molecule has 2 amide bonds. The molecule has 0 aliphatic carbocycles. The van der Waals surface area contributed by atoms with Crippen LogP contribution in [0.15, 0.2) is 91.0 Å². The molecule has 1 aliphatic rings. The average Bonchev–Trinajstić information content (AvgIpc) is 2.95. The molecule has 0 radical (unpaired) electrons. The van der Waals surface area contributed by atoms with Gasteiger partial charge in [0, 0.05) is 31.5 Å². The highest BCUT2D eigenvalue weighted by molar-refractivity contribution is 5.78. The van der Waals surface area contributed by atoms with Crippen LogP contribution in [0.5, 0.6) is 0 Å². The maximum atomic E-state index is 12.9. The van der Waals surface area contributed by atoms with Crippen LogP contribution in [-0.4, -0.2) is 43.7 Å². The second kappa shape index (κ2) is 14.0. The lowest BCUT2D eigenvalue weighted by molar-refractivity contribution is -0.122. The van der Waals surface area contributed by atoms with Gasteiger partial charge in [-0.2, -0.15) is 0 Å². The molecular weight excluding hydrogens is 455 g/mol. The molecule has 6 heteroatoms. The Balaban J connectivity index is 0.00000176. The first-order valence-corrected chi connectivity index (χ1v) is 12.3. The normalized spacial score (nSPS) is 14.2. The Bertz CT molecular complexity index is 1050. The standard InChI is InChI=1S/C29H32N2O3.CH3F/c32-27(30-19-16-24-10-4-1-5-11-24)22-29(26-14-8-3-9-15-26)17-20-31(21-18-29)28(33)34-23-25-12-6-2-7-13-25;1-2/h1-15H,16-23H2,(H,30,32);1H3. The Hall–Kier alpha value is -3.67. The van der Waals surface area contributed by atoms with Crippen LogP contribution in [0.2, 0.25) is 0 Å². The quantitative estimate of drug-likeness (QED) is 0.441. The van der Waals surface area contributed by atoms with Crippen LogP contribution in [0.3, 0.4) is 0 Å². The van der Waals surface area contributed by atoms with Gasteiger partial charge in [-0.3, -0.25) is 9.18 Å². The van der Waals surface area contributed by atoms with Gasteiger partial charge >= 0.3 is 6.09 Å². The fraction of sp³-hybridized carbons (Fsp3) is 0.333. The van der Waals surface area contributed by atoms with E-state index >= 15 is 0 Å². The fourth-order valence-corrected chi connectivity index (χ4v) is 4.65. The molecule has 0 saturated carbocycles.